The minimum absolute atomic E-state index is 0.139. The Hall–Kier alpha value is -1.44. The number of hydrogen-bond acceptors (Lipinski definition) is 2. The van der Waals surface area contributed by atoms with Crippen molar-refractivity contribution in [2.24, 2.45) is 17.3 Å². The van der Waals surface area contributed by atoms with E-state index >= 15 is 0 Å². The first-order chi connectivity index (χ1) is 10.9. The van der Waals surface area contributed by atoms with Gasteiger partial charge in [-0.3, -0.25) is 0 Å². The van der Waals surface area contributed by atoms with Crippen LogP contribution in [0.2, 0.25) is 0 Å². The van der Waals surface area contributed by atoms with Crippen molar-refractivity contribution in [1.29, 1.82) is 0 Å². The minimum atomic E-state index is 0.139. The quantitative estimate of drug-likeness (QED) is 0.553. The van der Waals surface area contributed by atoms with Crippen LogP contribution in [0.25, 0.3) is 0 Å². The van der Waals surface area contributed by atoms with E-state index < -0.39 is 0 Å². The summed E-state index contributed by atoms with van der Waals surface area (Å²) < 4.78 is 0. The number of rotatable bonds is 5. The van der Waals surface area contributed by atoms with Gasteiger partial charge in [-0.05, 0) is 61.1 Å². The number of phenolic OH excluding ortho intramolecular Hbond substituents is 2. The molecule has 4 rings (SSSR count). The molecule has 2 heteroatoms. The molecule has 2 bridgehead atoms. The van der Waals surface area contributed by atoms with Crippen LogP contribution in [0.4, 0.5) is 0 Å². The average molecular weight is 314 g/mol. The van der Waals surface area contributed by atoms with Crippen LogP contribution in [0.15, 0.2) is 23.8 Å². The second-order valence-corrected chi connectivity index (χ2v) is 8.16. The van der Waals surface area contributed by atoms with Gasteiger partial charge in [0.1, 0.15) is 11.5 Å². The molecule has 126 valence electrons. The lowest BCUT2D eigenvalue weighted by Gasteiger charge is -2.59. The zero-order chi connectivity index (χ0) is 16.8. The fourth-order valence-electron chi connectivity index (χ4n) is 4.89. The molecule has 3 aliphatic rings. The summed E-state index contributed by atoms with van der Waals surface area (Å²) in [4.78, 5) is 0. The number of aromatic hydroxyl groups is 2. The Morgan fingerprint density at radius 2 is 1.78 bits per heavy atom. The number of fused-ring (bicyclic) bond motifs is 1. The van der Waals surface area contributed by atoms with E-state index in [1.165, 1.54) is 24.8 Å². The van der Waals surface area contributed by atoms with Crippen LogP contribution in [-0.2, 0) is 6.42 Å². The maximum Gasteiger partial charge on any atom is 0.123 e. The molecule has 0 heterocycles. The van der Waals surface area contributed by atoms with Gasteiger partial charge in [-0.1, -0.05) is 45.3 Å². The first kappa shape index (κ1) is 16.4. The Balaban J connectivity index is 1.90. The topological polar surface area (TPSA) is 40.5 Å². The van der Waals surface area contributed by atoms with Crippen LogP contribution in [0.3, 0.4) is 0 Å². The lowest BCUT2D eigenvalue weighted by atomic mass is 9.45. The molecule has 2 N–H and O–H groups in total. The SMILES string of the molecule is CCCCCc1cc(O)c([C@H]2C=C(C)[C@H]3C[C@H]2C3(C)C)c(O)c1. The number of hydrogen-bond donors (Lipinski definition) is 2. The van der Waals surface area contributed by atoms with E-state index in [0.29, 0.717) is 11.8 Å². The Labute approximate surface area is 140 Å². The van der Waals surface area contributed by atoms with Crippen molar-refractivity contribution in [3.05, 3.63) is 34.9 Å². The number of allylic oxidation sites excluding steroid dienone is 2. The van der Waals surface area contributed by atoms with Crippen molar-refractivity contribution < 1.29 is 10.2 Å². The Bertz CT molecular complexity index is 604. The van der Waals surface area contributed by atoms with Gasteiger partial charge in [0, 0.05) is 11.5 Å². The first-order valence-electron chi connectivity index (χ1n) is 9.09. The fraction of sp³-hybridized carbons (Fsp3) is 0.619. The summed E-state index contributed by atoms with van der Waals surface area (Å²) in [5.74, 6) is 1.86. The summed E-state index contributed by atoms with van der Waals surface area (Å²) in [6.45, 7) is 9.02. The number of aryl methyl sites for hydroxylation is 1. The van der Waals surface area contributed by atoms with Crippen LogP contribution >= 0.6 is 0 Å². The van der Waals surface area contributed by atoms with E-state index in [1.807, 2.05) is 12.1 Å². The third-order valence-corrected chi connectivity index (χ3v) is 6.37. The molecule has 0 aliphatic heterocycles. The summed E-state index contributed by atoms with van der Waals surface area (Å²) in [5, 5.41) is 21.2. The predicted octanol–water partition coefficient (Wildman–Crippen LogP) is 5.54. The predicted molar refractivity (Wildman–Crippen MR) is 94.9 cm³/mol. The molecule has 1 aromatic rings. The van der Waals surface area contributed by atoms with E-state index in [4.69, 9.17) is 0 Å². The van der Waals surface area contributed by atoms with E-state index in [-0.39, 0.29) is 22.8 Å². The first-order valence-corrected chi connectivity index (χ1v) is 9.09. The molecule has 3 atom stereocenters. The molecule has 0 spiro atoms. The smallest absolute Gasteiger partial charge is 0.123 e. The lowest BCUT2D eigenvalue weighted by molar-refractivity contribution is -0.0198. The molecule has 0 amide bonds. The molecule has 1 fully saturated rings. The third kappa shape index (κ3) is 2.66. The second kappa shape index (κ2) is 5.89. The minimum Gasteiger partial charge on any atom is -0.507 e. The standard InChI is InChI=1S/C21H30O2/c1-5-6-7-8-14-10-18(22)20(19(23)11-14)15-9-13(2)16-12-17(15)21(16,3)4/h9-11,15-17,22-23H,5-8,12H2,1-4H3/t15-,16+,17+/m0/s1. The zero-order valence-electron chi connectivity index (χ0n) is 14.9. The molecule has 1 saturated carbocycles. The van der Waals surface area contributed by atoms with Gasteiger partial charge in [0.05, 0.1) is 0 Å². The van der Waals surface area contributed by atoms with E-state index in [2.05, 4.69) is 33.8 Å². The van der Waals surface area contributed by atoms with Gasteiger partial charge in [0.2, 0.25) is 0 Å². The number of phenols is 2. The van der Waals surface area contributed by atoms with Gasteiger partial charge in [-0.2, -0.15) is 0 Å². The van der Waals surface area contributed by atoms with Crippen molar-refractivity contribution in [3.63, 3.8) is 0 Å². The molecule has 2 nitrogen and oxygen atoms in total. The Morgan fingerprint density at radius 1 is 1.13 bits per heavy atom. The van der Waals surface area contributed by atoms with Crippen LogP contribution in [0, 0.1) is 17.3 Å². The van der Waals surface area contributed by atoms with Crippen molar-refractivity contribution in [1.82, 2.24) is 0 Å². The van der Waals surface area contributed by atoms with Crippen LogP contribution < -0.4 is 0 Å². The van der Waals surface area contributed by atoms with Crippen molar-refractivity contribution in [2.45, 2.75) is 65.7 Å². The van der Waals surface area contributed by atoms with Gasteiger partial charge in [0.25, 0.3) is 0 Å². The van der Waals surface area contributed by atoms with Crippen LogP contribution in [0.1, 0.15) is 70.4 Å². The monoisotopic (exact) mass is 314 g/mol. The molecule has 23 heavy (non-hydrogen) atoms. The van der Waals surface area contributed by atoms with E-state index in [0.717, 1.165) is 24.0 Å². The largest absolute Gasteiger partial charge is 0.507 e. The van der Waals surface area contributed by atoms with Crippen LogP contribution in [-0.4, -0.2) is 10.2 Å². The average Bonchev–Trinajstić information content (AvgIpc) is 2.45. The summed E-state index contributed by atoms with van der Waals surface area (Å²) in [5.41, 5.74) is 3.45. The summed E-state index contributed by atoms with van der Waals surface area (Å²) >= 11 is 0. The highest BCUT2D eigenvalue weighted by Gasteiger charge is 2.55. The van der Waals surface area contributed by atoms with Crippen molar-refractivity contribution in [2.75, 3.05) is 0 Å². The molecular weight excluding hydrogens is 284 g/mol. The molecule has 3 aliphatic carbocycles. The summed E-state index contributed by atoms with van der Waals surface area (Å²) in [7, 11) is 0. The molecule has 0 radical (unpaired) electrons. The van der Waals surface area contributed by atoms with Gasteiger partial charge in [0.15, 0.2) is 0 Å². The Kier molecular flexibility index (Phi) is 4.20. The molecule has 0 saturated heterocycles. The van der Waals surface area contributed by atoms with Crippen molar-refractivity contribution >= 4 is 0 Å². The molecular formula is C21H30O2. The van der Waals surface area contributed by atoms with E-state index in [9.17, 15) is 10.2 Å². The highest BCUT2D eigenvalue weighted by Crippen LogP contribution is 2.64. The van der Waals surface area contributed by atoms with Crippen LogP contribution in [0.5, 0.6) is 11.5 Å². The Morgan fingerprint density at radius 3 is 2.30 bits per heavy atom. The third-order valence-electron chi connectivity index (χ3n) is 6.37. The number of benzene rings is 1. The fourth-order valence-corrected chi connectivity index (χ4v) is 4.89. The maximum absolute atomic E-state index is 10.6. The van der Waals surface area contributed by atoms with Gasteiger partial charge >= 0.3 is 0 Å². The lowest BCUT2D eigenvalue weighted by Crippen LogP contribution is -2.50. The summed E-state index contributed by atoms with van der Waals surface area (Å²) in [6.07, 6.45) is 7.85. The number of unbranched alkanes of at least 4 members (excludes halogenated alkanes) is 2. The van der Waals surface area contributed by atoms with Gasteiger partial charge < -0.3 is 10.2 Å². The maximum atomic E-state index is 10.6. The van der Waals surface area contributed by atoms with Crippen molar-refractivity contribution in [3.8, 4) is 11.5 Å². The van der Waals surface area contributed by atoms with Gasteiger partial charge in [-0.15, -0.1) is 0 Å². The normalized spacial score (nSPS) is 28.2. The molecule has 1 aromatic carbocycles. The highest BCUT2D eigenvalue weighted by atomic mass is 16.3. The zero-order valence-corrected chi connectivity index (χ0v) is 14.9. The second-order valence-electron chi connectivity index (χ2n) is 8.16. The molecule has 0 unspecified atom stereocenters. The molecule has 0 aromatic heterocycles. The highest BCUT2D eigenvalue weighted by molar-refractivity contribution is 5.52. The van der Waals surface area contributed by atoms with Gasteiger partial charge in [-0.25, -0.2) is 0 Å². The summed E-state index contributed by atoms with van der Waals surface area (Å²) in [6, 6.07) is 3.73. The van der Waals surface area contributed by atoms with E-state index in [1.54, 1.807) is 0 Å².